The average molecular weight is 404 g/mol. The van der Waals surface area contributed by atoms with Crippen LogP contribution in [0.5, 0.6) is 0 Å². The molecule has 6 nitrogen and oxygen atoms in total. The lowest BCUT2D eigenvalue weighted by Crippen LogP contribution is -2.40. The summed E-state index contributed by atoms with van der Waals surface area (Å²) >= 11 is 0. The first-order valence-electron chi connectivity index (χ1n) is 10.6. The largest absolute Gasteiger partial charge is 0.328 e. The zero-order chi connectivity index (χ0) is 19.7. The van der Waals surface area contributed by atoms with Crippen molar-refractivity contribution in [3.8, 4) is 0 Å². The fourth-order valence-electron chi connectivity index (χ4n) is 4.31. The van der Waals surface area contributed by atoms with Gasteiger partial charge in [0.25, 0.3) is 10.0 Å². The molecule has 4 rings (SSSR count). The summed E-state index contributed by atoms with van der Waals surface area (Å²) in [5.41, 5.74) is 1.24. The van der Waals surface area contributed by atoms with Gasteiger partial charge in [0.1, 0.15) is 10.7 Å². The minimum atomic E-state index is -3.76. The Bertz CT molecular complexity index is 884. The van der Waals surface area contributed by atoms with Crippen molar-refractivity contribution in [2.45, 2.75) is 69.6 Å². The maximum Gasteiger partial charge on any atom is 0.286 e. The van der Waals surface area contributed by atoms with Crippen molar-refractivity contribution in [2.24, 2.45) is 16.2 Å². The molecule has 0 spiro atoms. The molecule has 1 N–H and O–H groups in total. The molecule has 2 aliphatic carbocycles. The number of amidine groups is 1. The quantitative estimate of drug-likeness (QED) is 0.767. The number of hydrogen-bond donors (Lipinski definition) is 1. The monoisotopic (exact) mass is 403 g/mol. The number of hydrogen-bond acceptors (Lipinski definition) is 4. The molecule has 0 bridgehead atoms. The fraction of sp³-hybridized carbons (Fsp3) is 0.619. The van der Waals surface area contributed by atoms with Crippen molar-refractivity contribution in [1.82, 2.24) is 0 Å². The molecule has 2 fully saturated rings. The van der Waals surface area contributed by atoms with Gasteiger partial charge in [0.2, 0.25) is 5.91 Å². The molecule has 0 aromatic heterocycles. The molecule has 3 aliphatic rings. The Morgan fingerprint density at radius 2 is 1.93 bits per heavy atom. The van der Waals surface area contributed by atoms with E-state index in [2.05, 4.69) is 21.5 Å². The lowest BCUT2D eigenvalue weighted by Gasteiger charge is -2.34. The number of anilines is 2. The third-order valence-electron chi connectivity index (χ3n) is 6.22. The van der Waals surface area contributed by atoms with Crippen LogP contribution in [0, 0.1) is 11.8 Å². The molecule has 1 aromatic carbocycles. The van der Waals surface area contributed by atoms with Crippen LogP contribution < -0.4 is 10.2 Å². The molecule has 0 radical (unpaired) electrons. The van der Waals surface area contributed by atoms with Crippen LogP contribution in [0.2, 0.25) is 0 Å². The fourth-order valence-corrected chi connectivity index (χ4v) is 5.62. The zero-order valence-corrected chi connectivity index (χ0v) is 17.3. The Morgan fingerprint density at radius 3 is 2.57 bits per heavy atom. The van der Waals surface area contributed by atoms with Crippen molar-refractivity contribution < 1.29 is 13.2 Å². The van der Waals surface area contributed by atoms with Gasteiger partial charge in [0, 0.05) is 24.1 Å². The number of nitrogens with zero attached hydrogens (tertiary/aromatic N) is 2. The minimum absolute atomic E-state index is 0.0163. The number of unbranched alkanes of at least 4 members (excludes halogenated alkanes) is 1. The van der Waals surface area contributed by atoms with Gasteiger partial charge in [-0.2, -0.15) is 8.42 Å². The summed E-state index contributed by atoms with van der Waals surface area (Å²) in [6.45, 7) is 2.90. The molecular formula is C21H29N3O3S. The van der Waals surface area contributed by atoms with Crippen LogP contribution in [0.3, 0.4) is 0 Å². The van der Waals surface area contributed by atoms with Crippen LogP contribution in [0.1, 0.15) is 64.7 Å². The second-order valence-electron chi connectivity index (χ2n) is 8.21. The summed E-state index contributed by atoms with van der Waals surface area (Å²) in [6, 6.07) is 5.24. The lowest BCUT2D eigenvalue weighted by molar-refractivity contribution is -0.122. The SMILES string of the molecule is CCCCN1C(C2CCCC2)=NS(=O)(=O)c2cc(NC(=O)C3CCC3)ccc21. The van der Waals surface area contributed by atoms with Crippen LogP contribution in [-0.4, -0.2) is 26.7 Å². The van der Waals surface area contributed by atoms with E-state index in [1.54, 1.807) is 6.07 Å². The molecule has 7 heteroatoms. The van der Waals surface area contributed by atoms with Gasteiger partial charge < -0.3 is 10.2 Å². The number of carbonyl (C=O) groups excluding carboxylic acids is 1. The molecule has 2 saturated carbocycles. The Kier molecular flexibility index (Phi) is 5.45. The molecule has 1 aromatic rings. The summed E-state index contributed by atoms with van der Waals surface area (Å²) in [4.78, 5) is 14.6. The maximum atomic E-state index is 13.0. The van der Waals surface area contributed by atoms with E-state index in [0.717, 1.165) is 64.3 Å². The number of nitrogens with one attached hydrogen (secondary N) is 1. The van der Waals surface area contributed by atoms with Gasteiger partial charge >= 0.3 is 0 Å². The smallest absolute Gasteiger partial charge is 0.286 e. The highest BCUT2D eigenvalue weighted by Crippen LogP contribution is 2.39. The summed E-state index contributed by atoms with van der Waals surface area (Å²) in [7, 11) is -3.76. The van der Waals surface area contributed by atoms with E-state index in [9.17, 15) is 13.2 Å². The Morgan fingerprint density at radius 1 is 1.18 bits per heavy atom. The van der Waals surface area contributed by atoms with Crippen LogP contribution in [0.4, 0.5) is 11.4 Å². The Balaban J connectivity index is 1.67. The van der Waals surface area contributed by atoms with Crippen LogP contribution in [0.15, 0.2) is 27.5 Å². The molecule has 1 aliphatic heterocycles. The molecule has 0 unspecified atom stereocenters. The predicted molar refractivity (Wildman–Crippen MR) is 111 cm³/mol. The Hall–Kier alpha value is -1.89. The van der Waals surface area contributed by atoms with Crippen LogP contribution in [-0.2, 0) is 14.8 Å². The van der Waals surface area contributed by atoms with Crippen molar-refractivity contribution in [2.75, 3.05) is 16.8 Å². The number of sulfonamides is 1. The molecule has 28 heavy (non-hydrogen) atoms. The number of rotatable bonds is 6. The van der Waals surface area contributed by atoms with Crippen molar-refractivity contribution >= 4 is 33.1 Å². The molecule has 0 atom stereocenters. The van der Waals surface area contributed by atoms with Gasteiger partial charge in [-0.15, -0.1) is 4.40 Å². The number of benzene rings is 1. The zero-order valence-electron chi connectivity index (χ0n) is 16.5. The third kappa shape index (κ3) is 3.69. The van der Waals surface area contributed by atoms with Gasteiger partial charge in [0.05, 0.1) is 5.69 Å². The third-order valence-corrected chi connectivity index (χ3v) is 7.53. The lowest BCUT2D eigenvalue weighted by atomic mass is 9.85. The number of carbonyl (C=O) groups is 1. The van der Waals surface area contributed by atoms with E-state index in [4.69, 9.17) is 0 Å². The van der Waals surface area contributed by atoms with Crippen molar-refractivity contribution in [3.05, 3.63) is 18.2 Å². The van der Waals surface area contributed by atoms with E-state index < -0.39 is 10.0 Å². The first kappa shape index (κ1) is 19.4. The second-order valence-corrected chi connectivity index (χ2v) is 9.78. The molecule has 0 saturated heterocycles. The summed E-state index contributed by atoms with van der Waals surface area (Å²) < 4.78 is 30.2. The van der Waals surface area contributed by atoms with E-state index in [0.29, 0.717) is 17.2 Å². The predicted octanol–water partition coefficient (Wildman–Crippen LogP) is 4.32. The molecule has 152 valence electrons. The van der Waals surface area contributed by atoms with Gasteiger partial charge in [-0.1, -0.05) is 32.6 Å². The summed E-state index contributed by atoms with van der Waals surface area (Å²) in [5, 5.41) is 2.89. The highest BCUT2D eigenvalue weighted by atomic mass is 32.2. The Labute approximate surface area is 167 Å². The van der Waals surface area contributed by atoms with Crippen LogP contribution in [0.25, 0.3) is 0 Å². The second kappa shape index (κ2) is 7.85. The van der Waals surface area contributed by atoms with E-state index >= 15 is 0 Å². The molecular weight excluding hydrogens is 374 g/mol. The topological polar surface area (TPSA) is 78.8 Å². The summed E-state index contributed by atoms with van der Waals surface area (Å²) in [6.07, 6.45) is 9.18. The molecule has 1 heterocycles. The normalized spacial score (nSPS) is 21.8. The highest BCUT2D eigenvalue weighted by molar-refractivity contribution is 7.90. The van der Waals surface area contributed by atoms with Gasteiger partial charge in [0.15, 0.2) is 0 Å². The summed E-state index contributed by atoms with van der Waals surface area (Å²) in [5.74, 6) is 0.973. The first-order chi connectivity index (χ1) is 13.5. The number of amides is 1. The van der Waals surface area contributed by atoms with E-state index in [-0.39, 0.29) is 22.6 Å². The van der Waals surface area contributed by atoms with Gasteiger partial charge in [-0.3, -0.25) is 4.79 Å². The minimum Gasteiger partial charge on any atom is -0.328 e. The van der Waals surface area contributed by atoms with Gasteiger partial charge in [-0.25, -0.2) is 0 Å². The van der Waals surface area contributed by atoms with Gasteiger partial charge in [-0.05, 0) is 50.3 Å². The first-order valence-corrected chi connectivity index (χ1v) is 12.0. The van der Waals surface area contributed by atoms with E-state index in [1.807, 2.05) is 12.1 Å². The van der Waals surface area contributed by atoms with Crippen molar-refractivity contribution in [1.29, 1.82) is 0 Å². The van der Waals surface area contributed by atoms with Crippen molar-refractivity contribution in [3.63, 3.8) is 0 Å². The highest BCUT2D eigenvalue weighted by Gasteiger charge is 2.36. The molecule has 1 amide bonds. The van der Waals surface area contributed by atoms with E-state index in [1.165, 1.54) is 0 Å². The van der Waals surface area contributed by atoms with Crippen LogP contribution >= 0.6 is 0 Å². The maximum absolute atomic E-state index is 13.0. The standard InChI is InChI=1S/C21H29N3O3S/c1-2-3-13-24-18-12-11-17(22-21(25)16-9-6-10-16)14-19(18)28(26,27)23-20(24)15-7-4-5-8-15/h11-12,14-16H,2-10,13H2,1H3,(H,22,25). The average Bonchev–Trinajstić information content (AvgIpc) is 3.14. The number of fused-ring (bicyclic) bond motifs is 1.